The van der Waals surface area contributed by atoms with E-state index in [0.29, 0.717) is 18.3 Å². The van der Waals surface area contributed by atoms with E-state index in [9.17, 15) is 4.79 Å². The number of carbonyl (C=O) groups excluding carboxylic acids is 1. The van der Waals surface area contributed by atoms with E-state index < -0.39 is 0 Å². The highest BCUT2D eigenvalue weighted by Gasteiger charge is 2.30. The molecule has 2 aliphatic rings. The number of hydrogen-bond acceptors (Lipinski definition) is 3. The first-order valence-corrected chi connectivity index (χ1v) is 8.08. The average molecular weight is 267 g/mol. The first-order valence-electron chi connectivity index (χ1n) is 8.08. The number of piperidine rings is 1. The lowest BCUT2D eigenvalue weighted by Crippen LogP contribution is -2.42. The highest BCUT2D eigenvalue weighted by atomic mass is 16.3. The molecule has 1 saturated carbocycles. The van der Waals surface area contributed by atoms with E-state index in [4.69, 9.17) is 5.11 Å². The van der Waals surface area contributed by atoms with E-state index in [-0.39, 0.29) is 5.92 Å². The molecule has 2 rings (SSSR count). The number of carbonyl (C=O) groups is 1. The molecule has 1 heterocycles. The Bertz CT molecular complexity index is 290. The molecular weight excluding hydrogens is 238 g/mol. The van der Waals surface area contributed by atoms with Crippen LogP contribution in [0.15, 0.2) is 0 Å². The summed E-state index contributed by atoms with van der Waals surface area (Å²) in [6.07, 6.45) is 7.63. The molecule has 0 spiro atoms. The van der Waals surface area contributed by atoms with E-state index in [1.165, 1.54) is 19.3 Å². The van der Waals surface area contributed by atoms with Gasteiger partial charge in [-0.1, -0.05) is 13.3 Å². The summed E-state index contributed by atoms with van der Waals surface area (Å²) < 4.78 is 0. The highest BCUT2D eigenvalue weighted by molar-refractivity contribution is 5.81. The van der Waals surface area contributed by atoms with Crippen LogP contribution in [0.2, 0.25) is 0 Å². The monoisotopic (exact) mass is 267 g/mol. The lowest BCUT2D eigenvalue weighted by molar-refractivity contribution is -0.126. The third kappa shape index (κ3) is 4.28. The lowest BCUT2D eigenvalue weighted by Gasteiger charge is -2.36. The number of aliphatic hydroxyl groups is 1. The minimum absolute atomic E-state index is 0.284. The van der Waals surface area contributed by atoms with Gasteiger partial charge in [0.1, 0.15) is 5.78 Å². The molecule has 0 amide bonds. The Morgan fingerprint density at radius 2 is 2.16 bits per heavy atom. The number of likely N-dealkylation sites (tertiary alicyclic amines) is 1. The molecule has 1 N–H and O–H groups in total. The number of nitrogens with zero attached hydrogens (tertiary/aromatic N) is 1. The Hall–Kier alpha value is -0.410. The van der Waals surface area contributed by atoms with Crippen molar-refractivity contribution in [1.82, 2.24) is 4.90 Å². The van der Waals surface area contributed by atoms with Gasteiger partial charge in [0.15, 0.2) is 0 Å². The number of rotatable bonds is 5. The molecule has 110 valence electrons. The maximum Gasteiger partial charge on any atom is 0.137 e. The van der Waals surface area contributed by atoms with Crippen LogP contribution < -0.4 is 0 Å². The number of hydrogen-bond donors (Lipinski definition) is 1. The van der Waals surface area contributed by atoms with Crippen LogP contribution in [-0.2, 0) is 4.79 Å². The molecule has 1 aliphatic carbocycles. The number of aliphatic hydroxyl groups excluding tert-OH is 1. The van der Waals surface area contributed by atoms with Crippen LogP contribution in [0.4, 0.5) is 0 Å². The number of Topliss-reactive ketones (excluding diaryl/α,β-unsaturated/α-hetero) is 1. The van der Waals surface area contributed by atoms with Crippen molar-refractivity contribution >= 4 is 5.78 Å². The fraction of sp³-hybridized carbons (Fsp3) is 0.938. The maximum atomic E-state index is 12.1. The van der Waals surface area contributed by atoms with Gasteiger partial charge in [-0.3, -0.25) is 4.79 Å². The van der Waals surface area contributed by atoms with Crippen molar-refractivity contribution in [3.05, 3.63) is 0 Å². The van der Waals surface area contributed by atoms with Gasteiger partial charge in [-0.25, -0.2) is 0 Å². The molecule has 3 unspecified atom stereocenters. The summed E-state index contributed by atoms with van der Waals surface area (Å²) in [7, 11) is 0. The van der Waals surface area contributed by atoms with Gasteiger partial charge in [-0.05, 0) is 50.5 Å². The Morgan fingerprint density at radius 3 is 2.89 bits per heavy atom. The van der Waals surface area contributed by atoms with E-state index in [2.05, 4.69) is 11.8 Å². The third-order valence-corrected chi connectivity index (χ3v) is 5.07. The SMILES string of the molecule is CCC1CCC(=O)C(CN2CCCC(CCO)C2)C1. The van der Waals surface area contributed by atoms with Crippen LogP contribution in [0.3, 0.4) is 0 Å². The minimum Gasteiger partial charge on any atom is -0.396 e. The molecule has 3 atom stereocenters. The summed E-state index contributed by atoms with van der Waals surface area (Å²) >= 11 is 0. The van der Waals surface area contributed by atoms with Crippen molar-refractivity contribution in [2.45, 2.75) is 51.9 Å². The van der Waals surface area contributed by atoms with E-state index in [0.717, 1.165) is 51.2 Å². The number of ketones is 1. The molecule has 0 radical (unpaired) electrons. The van der Waals surface area contributed by atoms with Crippen LogP contribution >= 0.6 is 0 Å². The summed E-state index contributed by atoms with van der Waals surface area (Å²) in [6, 6.07) is 0. The fourth-order valence-electron chi connectivity index (χ4n) is 3.80. The van der Waals surface area contributed by atoms with Crippen molar-refractivity contribution in [3.63, 3.8) is 0 Å². The van der Waals surface area contributed by atoms with Gasteiger partial charge >= 0.3 is 0 Å². The molecule has 0 aromatic carbocycles. The van der Waals surface area contributed by atoms with Gasteiger partial charge in [0, 0.05) is 32.0 Å². The topological polar surface area (TPSA) is 40.5 Å². The van der Waals surface area contributed by atoms with Crippen LogP contribution in [0, 0.1) is 17.8 Å². The molecule has 0 aromatic rings. The maximum absolute atomic E-state index is 12.1. The zero-order chi connectivity index (χ0) is 13.7. The summed E-state index contributed by atoms with van der Waals surface area (Å²) in [5.41, 5.74) is 0. The van der Waals surface area contributed by atoms with Crippen LogP contribution in [0.1, 0.15) is 51.9 Å². The second-order valence-corrected chi connectivity index (χ2v) is 6.49. The first kappa shape index (κ1) is 15.0. The molecule has 2 fully saturated rings. The van der Waals surface area contributed by atoms with Gasteiger partial charge in [-0.15, -0.1) is 0 Å². The molecule has 1 aliphatic heterocycles. The molecule has 1 saturated heterocycles. The molecule has 0 bridgehead atoms. The second-order valence-electron chi connectivity index (χ2n) is 6.49. The van der Waals surface area contributed by atoms with E-state index in [1.54, 1.807) is 0 Å². The average Bonchev–Trinajstić information content (AvgIpc) is 2.42. The van der Waals surface area contributed by atoms with Crippen LogP contribution in [-0.4, -0.2) is 42.0 Å². The fourth-order valence-corrected chi connectivity index (χ4v) is 3.80. The van der Waals surface area contributed by atoms with Crippen LogP contribution in [0.25, 0.3) is 0 Å². The van der Waals surface area contributed by atoms with Gasteiger partial charge in [0.05, 0.1) is 0 Å². The van der Waals surface area contributed by atoms with Crippen molar-refractivity contribution < 1.29 is 9.90 Å². The first-order chi connectivity index (χ1) is 9.22. The predicted octanol–water partition coefficient (Wildman–Crippen LogP) is 2.48. The van der Waals surface area contributed by atoms with Crippen LogP contribution in [0.5, 0.6) is 0 Å². The molecule has 0 aromatic heterocycles. The zero-order valence-corrected chi connectivity index (χ0v) is 12.3. The summed E-state index contributed by atoms with van der Waals surface area (Å²) in [6.45, 7) is 5.75. The normalized spacial score (nSPS) is 33.6. The van der Waals surface area contributed by atoms with Gasteiger partial charge < -0.3 is 10.0 Å². The standard InChI is InChI=1S/C16H29NO2/c1-2-13-5-6-16(19)15(10-13)12-17-8-3-4-14(11-17)7-9-18/h13-15,18H,2-12H2,1H3. The van der Waals surface area contributed by atoms with Crippen molar-refractivity contribution in [3.8, 4) is 0 Å². The predicted molar refractivity (Wildman–Crippen MR) is 77.0 cm³/mol. The summed E-state index contributed by atoms with van der Waals surface area (Å²) in [5.74, 6) is 2.18. The third-order valence-electron chi connectivity index (χ3n) is 5.07. The smallest absolute Gasteiger partial charge is 0.137 e. The van der Waals surface area contributed by atoms with Gasteiger partial charge in [0.25, 0.3) is 0 Å². The van der Waals surface area contributed by atoms with Gasteiger partial charge in [-0.2, -0.15) is 0 Å². The van der Waals surface area contributed by atoms with Crippen molar-refractivity contribution in [2.75, 3.05) is 26.2 Å². The van der Waals surface area contributed by atoms with Gasteiger partial charge in [0.2, 0.25) is 0 Å². The molecule has 3 nitrogen and oxygen atoms in total. The molecule has 19 heavy (non-hydrogen) atoms. The Labute approximate surface area is 117 Å². The summed E-state index contributed by atoms with van der Waals surface area (Å²) in [4.78, 5) is 14.5. The largest absolute Gasteiger partial charge is 0.396 e. The molecular formula is C16H29NO2. The Balaban J connectivity index is 1.83. The van der Waals surface area contributed by atoms with Crippen molar-refractivity contribution in [1.29, 1.82) is 0 Å². The second kappa shape index (κ2) is 7.39. The lowest BCUT2D eigenvalue weighted by atomic mass is 9.79. The van der Waals surface area contributed by atoms with E-state index in [1.807, 2.05) is 0 Å². The minimum atomic E-state index is 0.284. The Kier molecular flexibility index (Phi) is 5.83. The van der Waals surface area contributed by atoms with Crippen molar-refractivity contribution in [2.24, 2.45) is 17.8 Å². The quantitative estimate of drug-likeness (QED) is 0.832. The zero-order valence-electron chi connectivity index (χ0n) is 12.3. The Morgan fingerprint density at radius 1 is 1.32 bits per heavy atom. The highest BCUT2D eigenvalue weighted by Crippen LogP contribution is 2.30. The summed E-state index contributed by atoms with van der Waals surface area (Å²) in [5, 5.41) is 9.06. The van der Waals surface area contributed by atoms with E-state index >= 15 is 0 Å². The molecule has 3 heteroatoms.